The number of H-pyrrole nitrogens is 2. The van der Waals surface area contributed by atoms with Gasteiger partial charge in [-0.1, -0.05) is 6.07 Å². The topological polar surface area (TPSA) is 79.7 Å². The summed E-state index contributed by atoms with van der Waals surface area (Å²) in [5.41, 5.74) is 9.15. The van der Waals surface area contributed by atoms with Gasteiger partial charge in [0.25, 0.3) is 0 Å². The Bertz CT molecular complexity index is 668. The zero-order valence-electron chi connectivity index (χ0n) is 9.32. The maximum Gasteiger partial charge on any atom is 0.128 e. The van der Waals surface area contributed by atoms with Gasteiger partial charge in [-0.2, -0.15) is 5.10 Å². The van der Waals surface area contributed by atoms with Gasteiger partial charge in [0.2, 0.25) is 0 Å². The fourth-order valence-electron chi connectivity index (χ4n) is 1.95. The number of aromatic amines is 2. The highest BCUT2D eigenvalue weighted by Crippen LogP contribution is 2.31. The quantitative estimate of drug-likeness (QED) is 0.628. The smallest absolute Gasteiger partial charge is 0.128 e. The van der Waals surface area contributed by atoms with Crippen LogP contribution in [0.2, 0.25) is 0 Å². The lowest BCUT2D eigenvalue weighted by Gasteiger charge is -1.99. The molecule has 0 radical (unpaired) electrons. The molecule has 0 amide bonds. The molecule has 2 aromatic heterocycles. The molecule has 86 valence electrons. The molecule has 0 spiro atoms. The van der Waals surface area contributed by atoms with E-state index in [0.29, 0.717) is 5.69 Å². The predicted molar refractivity (Wildman–Crippen MR) is 66.8 cm³/mol. The third-order valence-electron chi connectivity index (χ3n) is 2.78. The molecule has 1 aromatic carbocycles. The summed E-state index contributed by atoms with van der Waals surface area (Å²) in [7, 11) is 1.66. The van der Waals surface area contributed by atoms with E-state index in [1.807, 2.05) is 24.3 Å². The molecule has 0 atom stereocenters. The Hall–Kier alpha value is -2.43. The molecule has 5 nitrogen and oxygen atoms in total. The monoisotopic (exact) mass is 228 g/mol. The molecule has 0 aliphatic carbocycles. The number of methoxy groups -OCH3 is 1. The minimum Gasteiger partial charge on any atom is -0.496 e. The first-order valence-electron chi connectivity index (χ1n) is 5.24. The summed E-state index contributed by atoms with van der Waals surface area (Å²) >= 11 is 0. The predicted octanol–water partition coefficient (Wildman–Crippen LogP) is 2.15. The van der Waals surface area contributed by atoms with E-state index in [1.54, 1.807) is 13.3 Å². The van der Waals surface area contributed by atoms with E-state index in [1.165, 1.54) is 0 Å². The van der Waals surface area contributed by atoms with Gasteiger partial charge in [-0.05, 0) is 18.2 Å². The number of benzene rings is 1. The Morgan fingerprint density at radius 3 is 2.94 bits per heavy atom. The summed E-state index contributed by atoms with van der Waals surface area (Å²) in [5, 5.41) is 7.81. The van der Waals surface area contributed by atoms with Gasteiger partial charge in [-0.25, -0.2) is 0 Å². The minimum absolute atomic E-state index is 0.621. The number of nitrogens with two attached hydrogens (primary N) is 1. The number of rotatable bonds is 2. The first kappa shape index (κ1) is 9.77. The largest absolute Gasteiger partial charge is 0.496 e. The first-order valence-corrected chi connectivity index (χ1v) is 5.24. The molecule has 2 heterocycles. The van der Waals surface area contributed by atoms with Crippen molar-refractivity contribution in [1.29, 1.82) is 0 Å². The third kappa shape index (κ3) is 1.44. The fraction of sp³-hybridized carbons (Fsp3) is 0.0833. The molecular weight excluding hydrogens is 216 g/mol. The second-order valence-electron chi connectivity index (χ2n) is 3.80. The number of nitrogens with zero attached hydrogens (tertiary/aromatic N) is 1. The van der Waals surface area contributed by atoms with Gasteiger partial charge in [0.15, 0.2) is 0 Å². The zero-order valence-corrected chi connectivity index (χ0v) is 9.32. The molecule has 0 unspecified atom stereocenters. The van der Waals surface area contributed by atoms with Crippen molar-refractivity contribution in [3.63, 3.8) is 0 Å². The highest BCUT2D eigenvalue weighted by molar-refractivity contribution is 5.91. The van der Waals surface area contributed by atoms with Crippen LogP contribution in [-0.4, -0.2) is 22.3 Å². The van der Waals surface area contributed by atoms with E-state index in [2.05, 4.69) is 15.2 Å². The summed E-state index contributed by atoms with van der Waals surface area (Å²) in [6, 6.07) is 7.86. The van der Waals surface area contributed by atoms with Crippen molar-refractivity contribution in [3.05, 3.63) is 30.5 Å². The standard InChI is InChI=1S/C12H12N4O/c1-17-11-4-2-3-9-7(11)5-10(15-9)12-8(13)6-14-16-12/h2-6,15H,13H2,1H3,(H,14,16). The Balaban J connectivity index is 2.24. The Labute approximate surface area is 97.6 Å². The van der Waals surface area contributed by atoms with Gasteiger partial charge < -0.3 is 15.5 Å². The van der Waals surface area contributed by atoms with Crippen LogP contribution in [0.3, 0.4) is 0 Å². The molecule has 0 saturated heterocycles. The van der Waals surface area contributed by atoms with Crippen LogP contribution in [0.4, 0.5) is 5.69 Å². The van der Waals surface area contributed by atoms with Gasteiger partial charge in [-0.3, -0.25) is 5.10 Å². The van der Waals surface area contributed by atoms with Gasteiger partial charge in [0.05, 0.1) is 24.7 Å². The highest BCUT2D eigenvalue weighted by atomic mass is 16.5. The number of nitrogens with one attached hydrogen (secondary N) is 2. The Kier molecular flexibility index (Phi) is 2.04. The molecular formula is C12H12N4O. The van der Waals surface area contributed by atoms with Crippen molar-refractivity contribution in [2.24, 2.45) is 0 Å². The molecule has 0 saturated carbocycles. The second-order valence-corrected chi connectivity index (χ2v) is 3.80. The maximum absolute atomic E-state index is 5.82. The van der Waals surface area contributed by atoms with Crippen molar-refractivity contribution in [2.45, 2.75) is 0 Å². The van der Waals surface area contributed by atoms with Crippen LogP contribution in [0.5, 0.6) is 5.75 Å². The van der Waals surface area contributed by atoms with Crippen molar-refractivity contribution in [1.82, 2.24) is 15.2 Å². The van der Waals surface area contributed by atoms with Crippen LogP contribution < -0.4 is 10.5 Å². The van der Waals surface area contributed by atoms with Crippen molar-refractivity contribution >= 4 is 16.6 Å². The van der Waals surface area contributed by atoms with Crippen molar-refractivity contribution < 1.29 is 4.74 Å². The Morgan fingerprint density at radius 1 is 1.35 bits per heavy atom. The molecule has 5 heteroatoms. The molecule has 0 fully saturated rings. The molecule has 0 bridgehead atoms. The lowest BCUT2D eigenvalue weighted by molar-refractivity contribution is 0.420. The van der Waals surface area contributed by atoms with E-state index in [0.717, 1.165) is 28.0 Å². The number of hydrogen-bond acceptors (Lipinski definition) is 3. The summed E-state index contributed by atoms with van der Waals surface area (Å²) in [4.78, 5) is 3.28. The summed E-state index contributed by atoms with van der Waals surface area (Å²) in [6.45, 7) is 0. The molecule has 0 aliphatic rings. The van der Waals surface area contributed by atoms with Crippen LogP contribution in [0.15, 0.2) is 30.5 Å². The number of ether oxygens (including phenoxy) is 1. The number of nitrogen functional groups attached to an aromatic ring is 1. The second kappa shape index (κ2) is 3.55. The van der Waals surface area contributed by atoms with Gasteiger partial charge in [0, 0.05) is 10.9 Å². The van der Waals surface area contributed by atoms with Crippen molar-refractivity contribution in [2.75, 3.05) is 12.8 Å². The first-order chi connectivity index (χ1) is 8.29. The van der Waals surface area contributed by atoms with E-state index in [4.69, 9.17) is 10.5 Å². The van der Waals surface area contributed by atoms with Gasteiger partial charge in [0.1, 0.15) is 11.4 Å². The van der Waals surface area contributed by atoms with Crippen LogP contribution in [0.1, 0.15) is 0 Å². The fourth-order valence-corrected chi connectivity index (χ4v) is 1.95. The van der Waals surface area contributed by atoms with Crippen LogP contribution in [-0.2, 0) is 0 Å². The van der Waals surface area contributed by atoms with E-state index in [-0.39, 0.29) is 0 Å². The average Bonchev–Trinajstić information content (AvgIpc) is 2.93. The van der Waals surface area contributed by atoms with Gasteiger partial charge >= 0.3 is 0 Å². The number of aromatic nitrogens is 3. The van der Waals surface area contributed by atoms with Crippen LogP contribution >= 0.6 is 0 Å². The molecule has 3 rings (SSSR count). The number of anilines is 1. The highest BCUT2D eigenvalue weighted by Gasteiger charge is 2.10. The number of fused-ring (bicyclic) bond motifs is 1. The lowest BCUT2D eigenvalue weighted by atomic mass is 10.2. The minimum atomic E-state index is 0.621. The summed E-state index contributed by atoms with van der Waals surface area (Å²) < 4.78 is 5.31. The van der Waals surface area contributed by atoms with E-state index in [9.17, 15) is 0 Å². The normalized spacial score (nSPS) is 10.9. The van der Waals surface area contributed by atoms with Crippen LogP contribution in [0.25, 0.3) is 22.3 Å². The summed E-state index contributed by atoms with van der Waals surface area (Å²) in [6.07, 6.45) is 1.60. The summed E-state index contributed by atoms with van der Waals surface area (Å²) in [5.74, 6) is 0.836. The van der Waals surface area contributed by atoms with Gasteiger partial charge in [-0.15, -0.1) is 0 Å². The van der Waals surface area contributed by atoms with E-state index >= 15 is 0 Å². The average molecular weight is 228 g/mol. The number of hydrogen-bond donors (Lipinski definition) is 3. The van der Waals surface area contributed by atoms with E-state index < -0.39 is 0 Å². The maximum atomic E-state index is 5.82. The molecule has 4 N–H and O–H groups in total. The third-order valence-corrected chi connectivity index (χ3v) is 2.78. The van der Waals surface area contributed by atoms with Crippen LogP contribution in [0, 0.1) is 0 Å². The molecule has 0 aliphatic heterocycles. The molecule has 3 aromatic rings. The lowest BCUT2D eigenvalue weighted by Crippen LogP contribution is -1.85. The SMILES string of the molecule is COc1cccc2[nH]c(-c3[nH]ncc3N)cc12. The molecule has 17 heavy (non-hydrogen) atoms. The Morgan fingerprint density at radius 2 is 2.24 bits per heavy atom. The van der Waals surface area contributed by atoms with Crippen molar-refractivity contribution in [3.8, 4) is 17.1 Å². The zero-order chi connectivity index (χ0) is 11.8.